The van der Waals surface area contributed by atoms with E-state index in [2.05, 4.69) is 4.74 Å². The van der Waals surface area contributed by atoms with Crippen LogP contribution in [-0.4, -0.2) is 64.0 Å². The molecule has 1 aromatic carbocycles. The van der Waals surface area contributed by atoms with Gasteiger partial charge in [-0.25, -0.2) is 14.0 Å². The minimum Gasteiger partial charge on any atom is -0.465 e. The molecule has 0 bridgehead atoms. The highest BCUT2D eigenvalue weighted by atomic mass is 32.2. The molecule has 2 atom stereocenters. The van der Waals surface area contributed by atoms with Gasteiger partial charge in [0.05, 0.1) is 25.5 Å². The minimum absolute atomic E-state index is 0.159. The number of hydrogen-bond acceptors (Lipinski definition) is 7. The van der Waals surface area contributed by atoms with E-state index in [1.54, 1.807) is 26.8 Å². The molecule has 0 spiro atoms. The highest BCUT2D eigenvalue weighted by Crippen LogP contribution is 2.35. The van der Waals surface area contributed by atoms with Crippen LogP contribution >= 0.6 is 0 Å². The van der Waals surface area contributed by atoms with Crippen molar-refractivity contribution in [1.29, 1.82) is 0 Å². The number of carbonyl (C=O) groups is 2. The molecule has 1 aliphatic rings. The van der Waals surface area contributed by atoms with Gasteiger partial charge in [-0.3, -0.25) is 4.18 Å². The van der Waals surface area contributed by atoms with Gasteiger partial charge in [0, 0.05) is 19.0 Å². The number of nitrogens with zero attached hydrogens (tertiary/aromatic N) is 1. The lowest BCUT2D eigenvalue weighted by molar-refractivity contribution is 0.0114. The molecule has 0 N–H and O–H groups in total. The number of esters is 1. The van der Waals surface area contributed by atoms with Crippen LogP contribution in [0.3, 0.4) is 0 Å². The highest BCUT2D eigenvalue weighted by Gasteiger charge is 2.35. The van der Waals surface area contributed by atoms with Gasteiger partial charge in [0.25, 0.3) is 10.1 Å². The average Bonchev–Trinajstić information content (AvgIpc) is 2.64. The summed E-state index contributed by atoms with van der Waals surface area (Å²) in [6.45, 7) is 5.67. The summed E-state index contributed by atoms with van der Waals surface area (Å²) >= 11 is 0. The first kappa shape index (κ1) is 24.1. The van der Waals surface area contributed by atoms with Crippen LogP contribution < -0.4 is 0 Å². The van der Waals surface area contributed by atoms with E-state index in [1.807, 2.05) is 0 Å². The maximum Gasteiger partial charge on any atom is 0.410 e. The number of piperidine rings is 1. The van der Waals surface area contributed by atoms with Crippen molar-refractivity contribution in [2.75, 3.05) is 33.1 Å². The summed E-state index contributed by atoms with van der Waals surface area (Å²) in [5.41, 5.74) is -0.228. The van der Waals surface area contributed by atoms with Crippen LogP contribution in [0.25, 0.3) is 0 Å². The van der Waals surface area contributed by atoms with E-state index >= 15 is 0 Å². The maximum atomic E-state index is 14.0. The zero-order valence-electron chi connectivity index (χ0n) is 17.8. The molecule has 0 aliphatic carbocycles. The number of methoxy groups -OCH3 is 1. The highest BCUT2D eigenvalue weighted by molar-refractivity contribution is 7.85. The van der Waals surface area contributed by atoms with Gasteiger partial charge in [0.2, 0.25) is 0 Å². The molecule has 1 saturated heterocycles. The van der Waals surface area contributed by atoms with Gasteiger partial charge in [-0.1, -0.05) is 6.07 Å². The predicted molar refractivity (Wildman–Crippen MR) is 107 cm³/mol. The summed E-state index contributed by atoms with van der Waals surface area (Å²) in [5, 5.41) is 0. The summed E-state index contributed by atoms with van der Waals surface area (Å²) < 4.78 is 52.1. The van der Waals surface area contributed by atoms with E-state index in [-0.39, 0.29) is 24.6 Å². The van der Waals surface area contributed by atoms with Gasteiger partial charge in [-0.2, -0.15) is 8.42 Å². The molecule has 0 unspecified atom stereocenters. The van der Waals surface area contributed by atoms with Crippen LogP contribution in [0.1, 0.15) is 49.0 Å². The maximum absolute atomic E-state index is 14.0. The molecule has 1 amide bonds. The second-order valence-corrected chi connectivity index (χ2v) is 9.95. The fourth-order valence-electron chi connectivity index (χ4n) is 3.38. The normalized spacial score (nSPS) is 20.0. The van der Waals surface area contributed by atoms with Gasteiger partial charge in [-0.15, -0.1) is 0 Å². The zero-order valence-corrected chi connectivity index (χ0v) is 18.6. The summed E-state index contributed by atoms with van der Waals surface area (Å²) in [6, 6.07) is 4.13. The number of ether oxygens (including phenoxy) is 2. The summed E-state index contributed by atoms with van der Waals surface area (Å²) in [5.74, 6) is -2.17. The Bertz CT molecular complexity index is 895. The largest absolute Gasteiger partial charge is 0.465 e. The molecule has 1 heterocycles. The second-order valence-electron chi connectivity index (χ2n) is 8.30. The number of amides is 1. The van der Waals surface area contributed by atoms with Gasteiger partial charge >= 0.3 is 12.1 Å². The first-order valence-electron chi connectivity index (χ1n) is 9.51. The Balaban J connectivity index is 2.29. The molecule has 2 rings (SSSR count). The number of rotatable bonds is 5. The third kappa shape index (κ3) is 6.66. The van der Waals surface area contributed by atoms with E-state index in [0.29, 0.717) is 18.5 Å². The number of hydrogen-bond donors (Lipinski definition) is 0. The minimum atomic E-state index is -3.70. The summed E-state index contributed by atoms with van der Waals surface area (Å²) in [4.78, 5) is 25.8. The van der Waals surface area contributed by atoms with Crippen LogP contribution in [0.4, 0.5) is 9.18 Å². The van der Waals surface area contributed by atoms with Crippen molar-refractivity contribution in [3.8, 4) is 0 Å². The van der Waals surface area contributed by atoms with Crippen molar-refractivity contribution in [1.82, 2.24) is 4.90 Å². The van der Waals surface area contributed by atoms with Crippen molar-refractivity contribution in [2.45, 2.75) is 38.7 Å². The Morgan fingerprint density at radius 2 is 1.93 bits per heavy atom. The molecule has 1 aromatic rings. The topological polar surface area (TPSA) is 99.2 Å². The molecule has 0 aromatic heterocycles. The van der Waals surface area contributed by atoms with Crippen molar-refractivity contribution in [3.63, 3.8) is 0 Å². The van der Waals surface area contributed by atoms with E-state index in [4.69, 9.17) is 8.92 Å². The molecule has 0 saturated carbocycles. The summed E-state index contributed by atoms with van der Waals surface area (Å²) in [6.07, 6.45) is 0.909. The first-order valence-corrected chi connectivity index (χ1v) is 11.3. The van der Waals surface area contributed by atoms with Crippen LogP contribution in [0, 0.1) is 11.7 Å². The lowest BCUT2D eigenvalue weighted by atomic mass is 9.80. The smallest absolute Gasteiger partial charge is 0.410 e. The molecular formula is C20H28FNO7S. The number of benzene rings is 1. The molecule has 30 heavy (non-hydrogen) atoms. The third-order valence-corrected chi connectivity index (χ3v) is 5.27. The Labute approximate surface area is 176 Å². The quantitative estimate of drug-likeness (QED) is 0.507. The van der Waals surface area contributed by atoms with Crippen LogP contribution in [-0.2, 0) is 23.8 Å². The third-order valence-electron chi connectivity index (χ3n) is 4.71. The molecule has 0 radical (unpaired) electrons. The molecule has 168 valence electrons. The lowest BCUT2D eigenvalue weighted by Gasteiger charge is -2.39. The average molecular weight is 446 g/mol. The standard InChI is InChI=1S/C20H28FNO7S/c1-20(2,3)29-19(24)22-9-8-15(14(11-22)12-28-30(5,25)26)13-6-7-17(21)16(10-13)18(23)27-4/h6-7,10,14-15H,8-9,11-12H2,1-5H3/t14-,15-/m0/s1. The van der Waals surface area contributed by atoms with Crippen molar-refractivity contribution in [2.24, 2.45) is 5.92 Å². The monoisotopic (exact) mass is 445 g/mol. The van der Waals surface area contributed by atoms with Gasteiger partial charge < -0.3 is 14.4 Å². The van der Waals surface area contributed by atoms with E-state index in [1.165, 1.54) is 17.0 Å². The van der Waals surface area contributed by atoms with Crippen LogP contribution in [0.5, 0.6) is 0 Å². The van der Waals surface area contributed by atoms with Gasteiger partial charge in [0.1, 0.15) is 11.4 Å². The fraction of sp³-hybridized carbons (Fsp3) is 0.600. The van der Waals surface area contributed by atoms with Gasteiger partial charge in [0.15, 0.2) is 0 Å². The molecule has 1 aliphatic heterocycles. The van der Waals surface area contributed by atoms with E-state index in [0.717, 1.165) is 13.4 Å². The predicted octanol–water partition coefficient (Wildman–Crippen LogP) is 2.93. The van der Waals surface area contributed by atoms with Crippen LogP contribution in [0.2, 0.25) is 0 Å². The van der Waals surface area contributed by atoms with Crippen molar-refractivity contribution < 1.29 is 36.1 Å². The Morgan fingerprint density at radius 3 is 2.50 bits per heavy atom. The number of carbonyl (C=O) groups excluding carboxylic acids is 2. The Kier molecular flexibility index (Phi) is 7.46. The van der Waals surface area contributed by atoms with Crippen molar-refractivity contribution >= 4 is 22.2 Å². The number of halogens is 1. The first-order chi connectivity index (χ1) is 13.8. The van der Waals surface area contributed by atoms with Crippen LogP contribution in [0.15, 0.2) is 18.2 Å². The molecule has 10 heteroatoms. The van der Waals surface area contributed by atoms with E-state index in [9.17, 15) is 22.4 Å². The molecule has 1 fully saturated rings. The molecular weight excluding hydrogens is 417 g/mol. The zero-order chi connectivity index (χ0) is 22.7. The van der Waals surface area contributed by atoms with Crippen molar-refractivity contribution in [3.05, 3.63) is 35.1 Å². The lowest BCUT2D eigenvalue weighted by Crippen LogP contribution is -2.46. The van der Waals surface area contributed by atoms with Gasteiger partial charge in [-0.05, 0) is 50.8 Å². The summed E-state index contributed by atoms with van der Waals surface area (Å²) in [7, 11) is -2.53. The number of likely N-dealkylation sites (tertiary alicyclic amines) is 1. The Morgan fingerprint density at radius 1 is 1.27 bits per heavy atom. The molecule has 8 nitrogen and oxygen atoms in total. The van der Waals surface area contributed by atoms with E-state index < -0.39 is 39.5 Å². The second kappa shape index (κ2) is 9.30. The fourth-order valence-corrected chi connectivity index (χ4v) is 3.81. The SMILES string of the molecule is COC(=O)c1cc([C@@H]2CCN(C(=O)OC(C)(C)C)C[C@H]2COS(C)(=O)=O)ccc1F. The Hall–Kier alpha value is -2.20.